The molecule has 2 atom stereocenters. The Kier molecular flexibility index (Phi) is 3.36. The maximum atomic E-state index is 5.97. The van der Waals surface area contributed by atoms with E-state index in [2.05, 4.69) is 19.2 Å². The van der Waals surface area contributed by atoms with E-state index in [4.69, 9.17) is 5.73 Å². The summed E-state index contributed by atoms with van der Waals surface area (Å²) in [6, 6.07) is 0. The van der Waals surface area contributed by atoms with E-state index in [0.717, 1.165) is 24.3 Å². The molecule has 2 aliphatic carbocycles. The second-order valence-corrected chi connectivity index (χ2v) is 5.68. The van der Waals surface area contributed by atoms with Crippen molar-refractivity contribution in [2.24, 2.45) is 23.5 Å². The van der Waals surface area contributed by atoms with Crippen LogP contribution in [0.25, 0.3) is 0 Å². The van der Waals surface area contributed by atoms with E-state index in [0.29, 0.717) is 0 Å². The Morgan fingerprint density at radius 1 is 1.33 bits per heavy atom. The van der Waals surface area contributed by atoms with Gasteiger partial charge in [-0.15, -0.1) is 0 Å². The largest absolute Gasteiger partial charge is 0.329 e. The highest BCUT2D eigenvalue weighted by molar-refractivity contribution is 5.01. The van der Waals surface area contributed by atoms with Crippen molar-refractivity contribution in [3.8, 4) is 0 Å². The molecule has 2 rings (SSSR count). The van der Waals surface area contributed by atoms with Crippen molar-refractivity contribution < 1.29 is 0 Å². The van der Waals surface area contributed by atoms with Gasteiger partial charge in [0.25, 0.3) is 0 Å². The monoisotopic (exact) mass is 210 g/mol. The second kappa shape index (κ2) is 4.42. The maximum Gasteiger partial charge on any atom is 0.0329 e. The van der Waals surface area contributed by atoms with Crippen molar-refractivity contribution in [1.82, 2.24) is 5.32 Å². The molecular formula is C13H26N2. The van der Waals surface area contributed by atoms with Gasteiger partial charge in [0, 0.05) is 12.1 Å². The van der Waals surface area contributed by atoms with E-state index in [9.17, 15) is 0 Å². The van der Waals surface area contributed by atoms with Crippen LogP contribution < -0.4 is 11.1 Å². The van der Waals surface area contributed by atoms with Crippen molar-refractivity contribution in [2.45, 2.75) is 51.5 Å². The zero-order valence-corrected chi connectivity index (χ0v) is 10.3. The minimum Gasteiger partial charge on any atom is -0.329 e. The summed E-state index contributed by atoms with van der Waals surface area (Å²) in [6.45, 7) is 6.65. The van der Waals surface area contributed by atoms with Crippen LogP contribution in [0.5, 0.6) is 0 Å². The van der Waals surface area contributed by atoms with E-state index in [-0.39, 0.29) is 5.54 Å². The van der Waals surface area contributed by atoms with Crippen molar-refractivity contribution in [2.75, 3.05) is 13.1 Å². The summed E-state index contributed by atoms with van der Waals surface area (Å²) in [7, 11) is 0. The van der Waals surface area contributed by atoms with Crippen LogP contribution in [-0.2, 0) is 0 Å². The van der Waals surface area contributed by atoms with Gasteiger partial charge in [-0.05, 0) is 56.4 Å². The molecule has 0 aromatic carbocycles. The van der Waals surface area contributed by atoms with Gasteiger partial charge in [0.1, 0.15) is 0 Å². The molecule has 88 valence electrons. The molecular weight excluding hydrogens is 184 g/mol. The van der Waals surface area contributed by atoms with Crippen LogP contribution in [0.1, 0.15) is 46.0 Å². The minimum atomic E-state index is 0.267. The maximum absolute atomic E-state index is 5.97. The standard InChI is InChI=1S/C13H26N2/c1-3-13(9-14,12-6-7-12)15-8-10(2)11-4-5-11/h10-12,15H,3-9,14H2,1-2H3. The highest BCUT2D eigenvalue weighted by Crippen LogP contribution is 2.42. The third kappa shape index (κ3) is 2.54. The normalized spacial score (nSPS) is 27.4. The van der Waals surface area contributed by atoms with Crippen LogP contribution in [0, 0.1) is 17.8 Å². The summed E-state index contributed by atoms with van der Waals surface area (Å²) in [4.78, 5) is 0. The molecule has 15 heavy (non-hydrogen) atoms. The van der Waals surface area contributed by atoms with Gasteiger partial charge >= 0.3 is 0 Å². The highest BCUT2D eigenvalue weighted by atomic mass is 15.0. The topological polar surface area (TPSA) is 38.0 Å². The van der Waals surface area contributed by atoms with E-state index in [1.165, 1.54) is 38.6 Å². The lowest BCUT2D eigenvalue weighted by Gasteiger charge is -2.34. The van der Waals surface area contributed by atoms with Crippen LogP contribution in [0.15, 0.2) is 0 Å². The molecule has 2 nitrogen and oxygen atoms in total. The average molecular weight is 210 g/mol. The fourth-order valence-corrected chi connectivity index (χ4v) is 2.77. The van der Waals surface area contributed by atoms with Gasteiger partial charge < -0.3 is 11.1 Å². The second-order valence-electron chi connectivity index (χ2n) is 5.68. The van der Waals surface area contributed by atoms with E-state index >= 15 is 0 Å². The summed E-state index contributed by atoms with van der Waals surface area (Å²) in [5, 5.41) is 3.79. The number of rotatable bonds is 7. The first kappa shape index (κ1) is 11.4. The Morgan fingerprint density at radius 3 is 2.40 bits per heavy atom. The summed E-state index contributed by atoms with van der Waals surface area (Å²) < 4.78 is 0. The van der Waals surface area contributed by atoms with Crippen LogP contribution in [0.4, 0.5) is 0 Å². The zero-order chi connectivity index (χ0) is 10.9. The average Bonchev–Trinajstić information content (AvgIpc) is 3.09. The number of nitrogens with one attached hydrogen (secondary N) is 1. The van der Waals surface area contributed by atoms with Crippen molar-refractivity contribution >= 4 is 0 Å². The Labute approximate surface area is 94.0 Å². The smallest absolute Gasteiger partial charge is 0.0329 e. The highest BCUT2D eigenvalue weighted by Gasteiger charge is 2.43. The fourth-order valence-electron chi connectivity index (χ4n) is 2.77. The zero-order valence-electron chi connectivity index (χ0n) is 10.3. The van der Waals surface area contributed by atoms with E-state index < -0.39 is 0 Å². The van der Waals surface area contributed by atoms with Crippen LogP contribution in [0.3, 0.4) is 0 Å². The molecule has 0 aromatic heterocycles. The third-order valence-corrected chi connectivity index (χ3v) is 4.56. The molecule has 0 aliphatic heterocycles. The lowest BCUT2D eigenvalue weighted by atomic mass is 9.89. The molecule has 0 aromatic rings. The SMILES string of the molecule is CCC(CN)(NCC(C)C1CC1)C1CC1. The molecule has 3 N–H and O–H groups in total. The van der Waals surface area contributed by atoms with Gasteiger partial charge in [0.2, 0.25) is 0 Å². The Hall–Kier alpha value is -0.0800. The fraction of sp³-hybridized carbons (Fsp3) is 1.00. The summed E-state index contributed by atoms with van der Waals surface area (Å²) in [6.07, 6.45) is 6.86. The third-order valence-electron chi connectivity index (χ3n) is 4.56. The minimum absolute atomic E-state index is 0.267. The van der Waals surface area contributed by atoms with E-state index in [1.807, 2.05) is 0 Å². The lowest BCUT2D eigenvalue weighted by Crippen LogP contribution is -2.54. The summed E-state index contributed by atoms with van der Waals surface area (Å²) in [5.41, 5.74) is 6.24. The first-order valence-corrected chi connectivity index (χ1v) is 6.67. The van der Waals surface area contributed by atoms with Crippen LogP contribution in [0.2, 0.25) is 0 Å². The first-order chi connectivity index (χ1) is 7.22. The lowest BCUT2D eigenvalue weighted by molar-refractivity contribution is 0.257. The van der Waals surface area contributed by atoms with Crippen LogP contribution in [-0.4, -0.2) is 18.6 Å². The molecule has 0 bridgehead atoms. The molecule has 0 amide bonds. The van der Waals surface area contributed by atoms with Crippen LogP contribution >= 0.6 is 0 Å². The molecule has 2 unspecified atom stereocenters. The Bertz CT molecular complexity index is 203. The van der Waals surface area contributed by atoms with Gasteiger partial charge in [0.15, 0.2) is 0 Å². The quantitative estimate of drug-likeness (QED) is 0.675. The predicted octanol–water partition coefficient (Wildman–Crippen LogP) is 2.14. The van der Waals surface area contributed by atoms with Crippen molar-refractivity contribution in [1.29, 1.82) is 0 Å². The molecule has 2 heteroatoms. The van der Waals surface area contributed by atoms with Gasteiger partial charge in [-0.25, -0.2) is 0 Å². The predicted molar refractivity (Wildman–Crippen MR) is 64.7 cm³/mol. The number of nitrogens with two attached hydrogens (primary N) is 1. The van der Waals surface area contributed by atoms with E-state index in [1.54, 1.807) is 0 Å². The van der Waals surface area contributed by atoms with Crippen molar-refractivity contribution in [3.05, 3.63) is 0 Å². The molecule has 0 radical (unpaired) electrons. The van der Waals surface area contributed by atoms with Gasteiger partial charge in [0.05, 0.1) is 0 Å². The molecule has 2 saturated carbocycles. The Balaban J connectivity index is 1.82. The molecule has 0 spiro atoms. The van der Waals surface area contributed by atoms with Crippen molar-refractivity contribution in [3.63, 3.8) is 0 Å². The first-order valence-electron chi connectivity index (χ1n) is 6.67. The summed E-state index contributed by atoms with van der Waals surface area (Å²) in [5.74, 6) is 2.71. The summed E-state index contributed by atoms with van der Waals surface area (Å²) >= 11 is 0. The number of hydrogen-bond donors (Lipinski definition) is 2. The van der Waals surface area contributed by atoms with Gasteiger partial charge in [-0.3, -0.25) is 0 Å². The Morgan fingerprint density at radius 2 is 2.00 bits per heavy atom. The van der Waals surface area contributed by atoms with Gasteiger partial charge in [-0.2, -0.15) is 0 Å². The number of hydrogen-bond acceptors (Lipinski definition) is 2. The molecule has 2 fully saturated rings. The molecule has 0 saturated heterocycles. The molecule has 0 heterocycles. The van der Waals surface area contributed by atoms with Gasteiger partial charge in [-0.1, -0.05) is 13.8 Å². The molecule has 2 aliphatic rings.